The average molecular weight is 136 g/mol. The van der Waals surface area contributed by atoms with Crippen LogP contribution in [-0.4, -0.2) is 20.3 Å². The number of urea groups is 1. The molecule has 0 aliphatic carbocycles. The van der Waals surface area contributed by atoms with Crippen LogP contribution in [0.15, 0.2) is 0 Å². The number of hydrogen-bond acceptors (Lipinski definition) is 3. The second kappa shape index (κ2) is 1.35. The molecule has 8 heavy (non-hydrogen) atoms. The zero-order valence-corrected chi connectivity index (χ0v) is 4.66. The molecule has 5 nitrogen and oxygen atoms in total. The predicted octanol–water partition coefficient (Wildman–Crippen LogP) is -1.41. The van der Waals surface area contributed by atoms with Gasteiger partial charge in [0.1, 0.15) is 5.88 Å². The van der Waals surface area contributed by atoms with Crippen molar-refractivity contribution in [1.29, 1.82) is 0 Å². The topological polar surface area (TPSA) is 75.3 Å². The minimum atomic E-state index is -3.31. The predicted molar refractivity (Wildman–Crippen MR) is 25.5 cm³/mol. The molecule has 1 aliphatic heterocycles. The van der Waals surface area contributed by atoms with E-state index in [1.54, 1.807) is 4.72 Å². The Morgan fingerprint density at radius 3 is 2.25 bits per heavy atom. The van der Waals surface area contributed by atoms with Crippen LogP contribution in [-0.2, 0) is 10.0 Å². The Bertz CT molecular complexity index is 205. The highest BCUT2D eigenvalue weighted by Crippen LogP contribution is 1.87. The maximum Gasteiger partial charge on any atom is 0.329 e. The molecule has 1 aliphatic rings. The molecule has 0 aromatic carbocycles. The third-order valence-electron chi connectivity index (χ3n) is 0.671. The summed E-state index contributed by atoms with van der Waals surface area (Å²) in [6.07, 6.45) is 0. The summed E-state index contributed by atoms with van der Waals surface area (Å²) >= 11 is 0. The van der Waals surface area contributed by atoms with Gasteiger partial charge in [0.05, 0.1) is 0 Å². The second-order valence-corrected chi connectivity index (χ2v) is 3.09. The number of hydrogen-bond donors (Lipinski definition) is 2. The van der Waals surface area contributed by atoms with Crippen molar-refractivity contribution in [3.05, 3.63) is 0 Å². The van der Waals surface area contributed by atoms with E-state index in [1.807, 2.05) is 0 Å². The molecule has 0 saturated carbocycles. The number of carbonyl (C=O) groups excluding carboxylic acids is 1. The molecule has 1 heterocycles. The number of rotatable bonds is 0. The lowest BCUT2D eigenvalue weighted by Crippen LogP contribution is -2.22. The minimum absolute atomic E-state index is 0.300. The summed E-state index contributed by atoms with van der Waals surface area (Å²) in [5.74, 6) is -0.300. The molecule has 2 amide bonds. The SMILES string of the molecule is O=C1NCS(=O)(=O)N1. The van der Waals surface area contributed by atoms with Crippen molar-refractivity contribution in [3.63, 3.8) is 0 Å². The molecule has 0 aromatic rings. The molecule has 0 bridgehead atoms. The van der Waals surface area contributed by atoms with E-state index in [1.165, 1.54) is 0 Å². The fourth-order valence-electron chi connectivity index (χ4n) is 0.374. The Morgan fingerprint density at radius 2 is 2.12 bits per heavy atom. The summed E-state index contributed by atoms with van der Waals surface area (Å²) in [7, 11) is -3.31. The fraction of sp³-hybridized carbons (Fsp3) is 0.500. The average Bonchev–Trinajstić information content (AvgIpc) is 1.82. The summed E-state index contributed by atoms with van der Waals surface area (Å²) in [5.41, 5.74) is 0. The molecule has 0 unspecified atom stereocenters. The summed E-state index contributed by atoms with van der Waals surface area (Å²) < 4.78 is 22.2. The highest BCUT2D eigenvalue weighted by Gasteiger charge is 2.21. The first-order valence-corrected chi connectivity index (χ1v) is 3.54. The highest BCUT2D eigenvalue weighted by molar-refractivity contribution is 7.90. The van der Waals surface area contributed by atoms with E-state index in [-0.39, 0.29) is 5.88 Å². The number of carbonyl (C=O) groups is 1. The molecule has 6 heteroatoms. The lowest BCUT2D eigenvalue weighted by Gasteiger charge is -1.82. The zero-order chi connectivity index (χ0) is 6.20. The van der Waals surface area contributed by atoms with Gasteiger partial charge in [-0.25, -0.2) is 17.9 Å². The van der Waals surface area contributed by atoms with Crippen LogP contribution in [0.25, 0.3) is 0 Å². The standard InChI is InChI=1S/C2H4N2O3S/c5-2-3-1-8(6,7)4-2/h1H2,(H2,3,4,5). The quantitative estimate of drug-likeness (QED) is 0.429. The maximum absolute atomic E-state index is 10.2. The summed E-state index contributed by atoms with van der Waals surface area (Å²) in [5, 5.41) is 2.07. The van der Waals surface area contributed by atoms with E-state index in [0.29, 0.717) is 0 Å². The van der Waals surface area contributed by atoms with Crippen LogP contribution in [0.1, 0.15) is 0 Å². The Kier molecular flexibility index (Phi) is 0.902. The van der Waals surface area contributed by atoms with E-state index < -0.39 is 16.1 Å². The van der Waals surface area contributed by atoms with Gasteiger partial charge in [0.25, 0.3) is 10.0 Å². The Morgan fingerprint density at radius 1 is 1.50 bits per heavy atom. The van der Waals surface area contributed by atoms with Crippen molar-refractivity contribution in [2.75, 3.05) is 5.88 Å². The van der Waals surface area contributed by atoms with Crippen LogP contribution >= 0.6 is 0 Å². The van der Waals surface area contributed by atoms with Crippen LogP contribution in [0.2, 0.25) is 0 Å². The molecule has 0 spiro atoms. The van der Waals surface area contributed by atoms with Gasteiger partial charge in [-0.05, 0) is 0 Å². The van der Waals surface area contributed by atoms with Crippen LogP contribution in [0.3, 0.4) is 0 Å². The lowest BCUT2D eigenvalue weighted by atomic mass is 11.0. The van der Waals surface area contributed by atoms with E-state index >= 15 is 0 Å². The smallest absolute Gasteiger partial charge is 0.321 e. The van der Waals surface area contributed by atoms with Gasteiger partial charge in [0.2, 0.25) is 0 Å². The molecule has 0 radical (unpaired) electrons. The van der Waals surface area contributed by atoms with Crippen molar-refractivity contribution in [1.82, 2.24) is 10.0 Å². The monoisotopic (exact) mass is 136 g/mol. The molecule has 0 aromatic heterocycles. The molecular weight excluding hydrogens is 132 g/mol. The van der Waals surface area contributed by atoms with Crippen LogP contribution in [0, 0.1) is 0 Å². The summed E-state index contributed by atoms with van der Waals surface area (Å²) in [4.78, 5) is 10.1. The van der Waals surface area contributed by atoms with Crippen LogP contribution < -0.4 is 10.0 Å². The van der Waals surface area contributed by atoms with Gasteiger partial charge in [-0.2, -0.15) is 0 Å². The van der Waals surface area contributed by atoms with Gasteiger partial charge in [0, 0.05) is 0 Å². The molecule has 1 rings (SSSR count). The normalized spacial score (nSPS) is 24.2. The van der Waals surface area contributed by atoms with Gasteiger partial charge in [0.15, 0.2) is 0 Å². The fourth-order valence-corrected chi connectivity index (χ4v) is 1.12. The van der Waals surface area contributed by atoms with E-state index in [4.69, 9.17) is 0 Å². The van der Waals surface area contributed by atoms with Crippen LogP contribution in [0.4, 0.5) is 4.79 Å². The van der Waals surface area contributed by atoms with Gasteiger partial charge >= 0.3 is 6.03 Å². The lowest BCUT2D eigenvalue weighted by molar-refractivity contribution is 0.249. The molecular formula is C2H4N2O3S. The summed E-state index contributed by atoms with van der Waals surface area (Å²) in [6, 6.07) is -0.648. The Balaban J connectivity index is 2.86. The summed E-state index contributed by atoms with van der Waals surface area (Å²) in [6.45, 7) is 0. The zero-order valence-electron chi connectivity index (χ0n) is 3.84. The molecule has 0 atom stereocenters. The molecule has 1 saturated heterocycles. The first-order chi connectivity index (χ1) is 3.60. The van der Waals surface area contributed by atoms with Gasteiger partial charge < -0.3 is 5.32 Å². The molecule has 46 valence electrons. The van der Waals surface area contributed by atoms with Gasteiger partial charge in [-0.3, -0.25) is 0 Å². The van der Waals surface area contributed by atoms with Crippen molar-refractivity contribution >= 4 is 16.1 Å². The first kappa shape index (κ1) is 5.36. The highest BCUT2D eigenvalue weighted by atomic mass is 32.2. The Hall–Kier alpha value is -0.780. The van der Waals surface area contributed by atoms with E-state index in [2.05, 4.69) is 5.32 Å². The van der Waals surface area contributed by atoms with Gasteiger partial charge in [-0.15, -0.1) is 0 Å². The van der Waals surface area contributed by atoms with E-state index in [0.717, 1.165) is 0 Å². The first-order valence-electron chi connectivity index (χ1n) is 1.88. The van der Waals surface area contributed by atoms with Crippen LogP contribution in [0.5, 0.6) is 0 Å². The van der Waals surface area contributed by atoms with Crippen molar-refractivity contribution in [2.24, 2.45) is 0 Å². The number of sulfonamides is 1. The second-order valence-electron chi connectivity index (χ2n) is 1.37. The number of nitrogens with one attached hydrogen (secondary N) is 2. The van der Waals surface area contributed by atoms with Crippen molar-refractivity contribution in [3.8, 4) is 0 Å². The Labute approximate surface area is 46.1 Å². The largest absolute Gasteiger partial charge is 0.329 e. The maximum atomic E-state index is 10.2. The molecule has 1 fully saturated rings. The third-order valence-corrected chi connectivity index (χ3v) is 1.69. The van der Waals surface area contributed by atoms with Crippen molar-refractivity contribution < 1.29 is 13.2 Å². The minimum Gasteiger partial charge on any atom is -0.321 e. The number of amides is 2. The third kappa shape index (κ3) is 0.890. The van der Waals surface area contributed by atoms with E-state index in [9.17, 15) is 13.2 Å². The van der Waals surface area contributed by atoms with Gasteiger partial charge in [-0.1, -0.05) is 0 Å². The van der Waals surface area contributed by atoms with Crippen molar-refractivity contribution in [2.45, 2.75) is 0 Å². The molecule has 2 N–H and O–H groups in total.